The van der Waals surface area contributed by atoms with Gasteiger partial charge in [-0.3, -0.25) is 56.0 Å². The summed E-state index contributed by atoms with van der Waals surface area (Å²) in [4.78, 5) is 97.1. The number of benzene rings is 6. The minimum Gasteiger partial charge on any atom is -0.449 e. The summed E-state index contributed by atoms with van der Waals surface area (Å²) >= 11 is 18.2. The Labute approximate surface area is 653 Å². The van der Waals surface area contributed by atoms with Gasteiger partial charge in [0.25, 0.3) is 33.4 Å². The number of phosphoric acid groups is 1. The molecule has 116 heavy (non-hydrogen) atoms. The number of nitrogens with zero attached hydrogens (tertiary/aromatic N) is 15. The molecule has 0 spiro atoms. The van der Waals surface area contributed by atoms with Crippen molar-refractivity contribution in [2.24, 2.45) is 0 Å². The molecule has 0 aliphatic heterocycles. The molecule has 0 N–H and O–H groups in total. The van der Waals surface area contributed by atoms with Crippen molar-refractivity contribution in [2.75, 3.05) is 0 Å². The number of rotatable bonds is 24. The van der Waals surface area contributed by atoms with E-state index in [4.69, 9.17) is 62.6 Å². The van der Waals surface area contributed by atoms with E-state index in [-0.39, 0.29) is 48.4 Å². The molecule has 0 saturated carbocycles. The van der Waals surface area contributed by atoms with E-state index in [1.54, 1.807) is 18.2 Å². The van der Waals surface area contributed by atoms with Gasteiger partial charge in [-0.25, -0.2) is 46.7 Å². The third-order valence-corrected chi connectivity index (χ3v) is 18.0. The van der Waals surface area contributed by atoms with Gasteiger partial charge >= 0.3 is 26.4 Å². The zero-order valence-corrected chi connectivity index (χ0v) is 60.6. The Morgan fingerprint density at radius 3 is 0.853 bits per heavy atom. The molecule has 0 aliphatic carbocycles. The first kappa shape index (κ1) is 82.1. The molecule has 28 nitrogen and oxygen atoms in total. The zero-order chi connectivity index (χ0) is 83.5. The monoisotopic (exact) mass is 1690 g/mol. The summed E-state index contributed by atoms with van der Waals surface area (Å²) in [7, 11) is -5.94. The van der Waals surface area contributed by atoms with Crippen LogP contribution in [0.3, 0.4) is 0 Å². The van der Waals surface area contributed by atoms with Gasteiger partial charge in [-0.15, -0.1) is 0 Å². The van der Waals surface area contributed by atoms with Gasteiger partial charge in [0, 0.05) is 15.1 Å². The molecule has 12 aromatic rings. The lowest BCUT2D eigenvalue weighted by Gasteiger charge is -2.20. The van der Waals surface area contributed by atoms with Gasteiger partial charge in [0.05, 0.1) is 107 Å². The molecule has 6 aromatic carbocycles. The molecule has 0 atom stereocenters. The molecule has 6 aromatic heterocycles. The van der Waals surface area contributed by atoms with Crippen LogP contribution in [0, 0.1) is 51.4 Å². The largest absolute Gasteiger partial charge is 0.480 e. The van der Waals surface area contributed by atoms with Crippen LogP contribution in [0.1, 0.15) is 50.9 Å². The van der Waals surface area contributed by atoms with Crippen LogP contribution in [-0.4, -0.2) is 58.0 Å². The van der Waals surface area contributed by atoms with Crippen LogP contribution in [-0.2, 0) is 76.5 Å². The highest BCUT2D eigenvalue weighted by atomic mass is 35.5. The Morgan fingerprint density at radius 1 is 0.371 bits per heavy atom. The molecule has 0 radical (unpaired) electrons. The average Bonchev–Trinajstić information content (AvgIpc) is 0.785. The summed E-state index contributed by atoms with van der Waals surface area (Å²) in [5.74, 6) is -8.61. The second-order valence-corrected chi connectivity index (χ2v) is 27.0. The van der Waals surface area contributed by atoms with Crippen molar-refractivity contribution in [3.05, 3.63) is 310 Å². The molecule has 6 heterocycles. The van der Waals surface area contributed by atoms with Gasteiger partial charge in [0.2, 0.25) is 17.2 Å². The number of halogens is 15. The molecule has 44 heteroatoms. The maximum Gasteiger partial charge on any atom is 0.480 e. The fourth-order valence-electron chi connectivity index (χ4n) is 10.8. The predicted molar refractivity (Wildman–Crippen MR) is 379 cm³/mol. The van der Waals surface area contributed by atoms with Gasteiger partial charge in [0.1, 0.15) is 34.7 Å². The van der Waals surface area contributed by atoms with E-state index in [0.717, 1.165) is 146 Å². The van der Waals surface area contributed by atoms with E-state index in [9.17, 15) is 97.2 Å². The topological polar surface area (TPSA) is 353 Å². The minimum absolute atomic E-state index is 0.146. The number of phosphoric ester groups is 1. The lowest BCUT2D eigenvalue weighted by atomic mass is 10.1. The number of alkyl halides is 9. The SMILES string of the molecule is N#Cc1cc(Cl)cc(Oc2c(C(F)(F)F)ncn(Cc3cc(-c4ccc(F)cc4)c(=O)n(COP(=O)(OCn4nc(Cn5cnc(C(F)(F)F)c(Oc6cc(Cl)cc(C#N)c6)c5=O)cc(-c5ccc(F)cc5)c4=O)OCn4nc(Cn5cnc(C(F)(F)F)c(Oc6cc(Cl)cc(C#N)c6)c5=O)cc(-c5ccc(F)cc5)c4=O)n3)c2=O)c1. The van der Waals surface area contributed by atoms with E-state index in [1.165, 1.54) is 0 Å². The smallest absolute Gasteiger partial charge is 0.449 e. The summed E-state index contributed by atoms with van der Waals surface area (Å²) in [5, 5.41) is 40.5. The van der Waals surface area contributed by atoms with Crippen molar-refractivity contribution < 1.29 is 85.0 Å². The van der Waals surface area contributed by atoms with Crippen LogP contribution in [0.5, 0.6) is 34.5 Å². The molecule has 12 rings (SSSR count). The Kier molecular flexibility index (Phi) is 23.6. The first-order chi connectivity index (χ1) is 54.9. The summed E-state index contributed by atoms with van der Waals surface area (Å²) in [6.07, 6.45) is -15.0. The number of nitriles is 3. The first-order valence-corrected chi connectivity index (χ1v) is 34.8. The van der Waals surface area contributed by atoms with Crippen LogP contribution < -0.4 is 47.6 Å². The van der Waals surface area contributed by atoms with E-state index in [0.29, 0.717) is 46.7 Å². The first-order valence-electron chi connectivity index (χ1n) is 32.2. The van der Waals surface area contributed by atoms with E-state index in [1.807, 2.05) is 0 Å². The lowest BCUT2D eigenvalue weighted by molar-refractivity contribution is -0.143. The molecule has 0 bridgehead atoms. The maximum absolute atomic E-state index is 15.8. The van der Waals surface area contributed by atoms with E-state index < -0.39 is 202 Å². The fraction of sp³-hybridized carbons (Fsp3) is 0.125. The quantitative estimate of drug-likeness (QED) is 0.0400. The number of hydrogen-bond donors (Lipinski definition) is 0. The third kappa shape index (κ3) is 18.9. The minimum atomic E-state index is -5.94. The Morgan fingerprint density at radius 2 is 0.621 bits per heavy atom. The maximum atomic E-state index is 15.8. The lowest BCUT2D eigenvalue weighted by Crippen LogP contribution is -2.31. The van der Waals surface area contributed by atoms with Crippen molar-refractivity contribution in [2.45, 2.75) is 58.4 Å². The molecule has 590 valence electrons. The predicted octanol–water partition coefficient (Wildman–Crippen LogP) is 14.0. The number of aromatic nitrogens is 12. The van der Waals surface area contributed by atoms with Gasteiger partial charge in [-0.05, 0) is 126 Å². The van der Waals surface area contributed by atoms with Crippen molar-refractivity contribution >= 4 is 42.6 Å². The normalized spacial score (nSPS) is 11.8. The molecule has 0 saturated heterocycles. The van der Waals surface area contributed by atoms with Crippen LogP contribution in [0.4, 0.5) is 52.7 Å². The second-order valence-electron chi connectivity index (χ2n) is 24.0. The number of ether oxygens (including phenoxy) is 3. The van der Waals surface area contributed by atoms with Crippen LogP contribution >= 0.6 is 42.6 Å². The van der Waals surface area contributed by atoms with Crippen molar-refractivity contribution in [1.82, 2.24) is 58.0 Å². The molecular weight excluding hydrogens is 1650 g/mol. The Hall–Kier alpha value is -13.4. The third-order valence-electron chi connectivity index (χ3n) is 16.0. The number of hydrogen-bond acceptors (Lipinski definition) is 22. The summed E-state index contributed by atoms with van der Waals surface area (Å²) in [5.41, 5.74) is -18.2. The Bertz CT molecular complexity index is 5880. The van der Waals surface area contributed by atoms with Gasteiger partial charge in [-0.2, -0.15) is 70.6 Å². The molecule has 0 unspecified atom stereocenters. The van der Waals surface area contributed by atoms with Gasteiger partial charge < -0.3 is 14.2 Å². The van der Waals surface area contributed by atoms with Gasteiger partial charge in [-0.1, -0.05) is 71.2 Å². The van der Waals surface area contributed by atoms with E-state index >= 15 is 4.57 Å². The van der Waals surface area contributed by atoms with Crippen molar-refractivity contribution in [3.8, 4) is 86.1 Å². The highest BCUT2D eigenvalue weighted by molar-refractivity contribution is 7.48. The molecule has 0 fully saturated rings. The standard InChI is InChI=1S/C72H39Cl3F12N15O13P/c73-43-13-37(25-88)16-52(19-43)113-58-61(70(79,80)81)91-31-97(67(58)106)28-49-22-55(40-1-7-46(76)8-2-40)64(103)100(94-49)34-110-116(109,111-35-101-65(104)56(41-3-9-47(77)10-4-41)23-50(95-101)29-98-32-92-62(71(82,83)84)59(68(98)107)114-53-17-38(26-89)14-44(74)20-53)112-36-102-66(105)57(42-5-11-48(78)12-6-42)24-51(96-102)30-99-33-93-63(72(85,86)87)60(69(99)108)115-54-18-39(27-90)15-45(75)21-54/h1-24,31-33H,28-30,34-36H2. The Balaban J connectivity index is 0.977. The van der Waals surface area contributed by atoms with Crippen LogP contribution in [0.2, 0.25) is 15.1 Å². The average molecular weight is 1690 g/mol. The molecule has 0 aliphatic rings. The fourth-order valence-corrected chi connectivity index (χ4v) is 12.5. The zero-order valence-electron chi connectivity index (χ0n) is 57.5. The van der Waals surface area contributed by atoms with Crippen LogP contribution in [0.15, 0.2) is 193 Å². The van der Waals surface area contributed by atoms with Gasteiger partial charge in [0.15, 0.2) is 37.3 Å². The molecular formula is C72H39Cl3F12N15O13P. The highest BCUT2D eigenvalue weighted by Gasteiger charge is 2.42. The summed E-state index contributed by atoms with van der Waals surface area (Å²) < 4.78 is 227. The highest BCUT2D eigenvalue weighted by Crippen LogP contribution is 2.50. The molecule has 0 amide bonds. The summed E-state index contributed by atoms with van der Waals surface area (Å²) in [6.45, 7) is -7.50. The van der Waals surface area contributed by atoms with E-state index in [2.05, 4.69) is 30.2 Å². The van der Waals surface area contributed by atoms with Crippen molar-refractivity contribution in [1.29, 1.82) is 15.8 Å². The summed E-state index contributed by atoms with van der Waals surface area (Å²) in [6, 6.07) is 28.7. The van der Waals surface area contributed by atoms with Crippen molar-refractivity contribution in [3.63, 3.8) is 0 Å². The van der Waals surface area contributed by atoms with Crippen LogP contribution in [0.25, 0.3) is 33.4 Å². The second kappa shape index (κ2) is 33.4.